The molecule has 0 aromatic rings. The fraction of sp³-hybridized carbons (Fsp3) is 0.750. The van der Waals surface area contributed by atoms with E-state index in [1.807, 2.05) is 0 Å². The zero-order valence-corrected chi connectivity index (χ0v) is 9.42. The molecule has 2 heteroatoms. The van der Waals surface area contributed by atoms with Crippen LogP contribution in [0.5, 0.6) is 0 Å². The topological polar surface area (TPSA) is 26.3 Å². The molecule has 2 nitrogen and oxygen atoms in total. The fourth-order valence-electron chi connectivity index (χ4n) is 1.31. The zero-order valence-electron chi connectivity index (χ0n) is 9.42. The molecule has 1 atom stereocenters. The number of esters is 1. The molecule has 0 bridgehead atoms. The normalized spacial score (nSPS) is 12.1. The van der Waals surface area contributed by atoms with Crippen LogP contribution in [-0.4, -0.2) is 12.6 Å². The van der Waals surface area contributed by atoms with Gasteiger partial charge in [0.15, 0.2) is 0 Å². The van der Waals surface area contributed by atoms with E-state index in [0.717, 1.165) is 6.42 Å². The molecule has 82 valence electrons. The summed E-state index contributed by atoms with van der Waals surface area (Å²) in [7, 11) is 0. The molecule has 0 rings (SSSR count). The van der Waals surface area contributed by atoms with E-state index in [1.165, 1.54) is 31.8 Å². The van der Waals surface area contributed by atoms with E-state index in [-0.39, 0.29) is 5.97 Å². The average molecular weight is 198 g/mol. The van der Waals surface area contributed by atoms with Crippen molar-refractivity contribution in [3.05, 3.63) is 12.7 Å². The first-order valence-corrected chi connectivity index (χ1v) is 5.49. The van der Waals surface area contributed by atoms with Gasteiger partial charge in [0.05, 0.1) is 6.61 Å². The van der Waals surface area contributed by atoms with Crippen molar-refractivity contribution >= 4 is 5.97 Å². The summed E-state index contributed by atoms with van der Waals surface area (Å²) in [5, 5.41) is 0. The number of carbonyl (C=O) groups excluding carboxylic acids is 1. The molecule has 0 spiro atoms. The van der Waals surface area contributed by atoms with E-state index in [0.29, 0.717) is 12.5 Å². The second kappa shape index (κ2) is 8.79. The van der Waals surface area contributed by atoms with E-state index >= 15 is 0 Å². The van der Waals surface area contributed by atoms with Crippen LogP contribution in [0.25, 0.3) is 0 Å². The van der Waals surface area contributed by atoms with Crippen LogP contribution in [0.2, 0.25) is 0 Å². The largest absolute Gasteiger partial charge is 0.463 e. The van der Waals surface area contributed by atoms with E-state index in [2.05, 4.69) is 20.4 Å². The summed E-state index contributed by atoms with van der Waals surface area (Å²) in [6.07, 6.45) is 7.26. The zero-order chi connectivity index (χ0) is 10.8. The van der Waals surface area contributed by atoms with Crippen molar-refractivity contribution in [2.75, 3.05) is 6.61 Å². The molecule has 0 radical (unpaired) electrons. The Labute approximate surface area is 87.3 Å². The van der Waals surface area contributed by atoms with Crippen molar-refractivity contribution in [3.63, 3.8) is 0 Å². The first kappa shape index (κ1) is 13.2. The molecule has 0 saturated heterocycles. The first-order valence-electron chi connectivity index (χ1n) is 5.49. The van der Waals surface area contributed by atoms with Crippen LogP contribution < -0.4 is 0 Å². The van der Waals surface area contributed by atoms with E-state index < -0.39 is 0 Å². The Bertz CT molecular complexity index is 164. The maximum absolute atomic E-state index is 10.7. The standard InChI is InChI=1S/C12H22O2/c1-4-6-7-8-11(3)9-10-14-12(13)5-2/h5,11H,2,4,6-10H2,1,3H3. The summed E-state index contributed by atoms with van der Waals surface area (Å²) in [5.74, 6) is 0.338. The molecule has 0 N–H and O–H groups in total. The maximum Gasteiger partial charge on any atom is 0.330 e. The van der Waals surface area contributed by atoms with Gasteiger partial charge in [-0.15, -0.1) is 0 Å². The Morgan fingerprint density at radius 2 is 2.14 bits per heavy atom. The lowest BCUT2D eigenvalue weighted by Gasteiger charge is -2.10. The number of rotatable bonds is 8. The molecule has 0 aliphatic rings. The predicted octanol–water partition coefficient (Wildman–Crippen LogP) is 3.32. The molecule has 1 unspecified atom stereocenters. The molecule has 0 saturated carbocycles. The smallest absolute Gasteiger partial charge is 0.330 e. The molecule has 0 aromatic carbocycles. The van der Waals surface area contributed by atoms with Gasteiger partial charge in [0.1, 0.15) is 0 Å². The second-order valence-electron chi connectivity index (χ2n) is 3.76. The van der Waals surface area contributed by atoms with Crippen molar-refractivity contribution in [2.24, 2.45) is 5.92 Å². The van der Waals surface area contributed by atoms with Crippen molar-refractivity contribution in [1.29, 1.82) is 0 Å². The lowest BCUT2D eigenvalue weighted by atomic mass is 10.0. The molecule has 0 amide bonds. The van der Waals surface area contributed by atoms with Crippen LogP contribution >= 0.6 is 0 Å². The number of hydrogen-bond acceptors (Lipinski definition) is 2. The van der Waals surface area contributed by atoms with Crippen molar-refractivity contribution in [3.8, 4) is 0 Å². The van der Waals surface area contributed by atoms with Crippen molar-refractivity contribution in [1.82, 2.24) is 0 Å². The quantitative estimate of drug-likeness (QED) is 0.340. The van der Waals surface area contributed by atoms with Gasteiger partial charge in [-0.1, -0.05) is 46.1 Å². The van der Waals surface area contributed by atoms with Gasteiger partial charge in [0.2, 0.25) is 0 Å². The number of ether oxygens (including phenoxy) is 1. The number of hydrogen-bond donors (Lipinski definition) is 0. The predicted molar refractivity (Wildman–Crippen MR) is 59.1 cm³/mol. The minimum atomic E-state index is -0.314. The lowest BCUT2D eigenvalue weighted by molar-refractivity contribution is -0.138. The Balaban J connectivity index is 3.30. The average Bonchev–Trinajstić information content (AvgIpc) is 2.18. The van der Waals surface area contributed by atoms with Gasteiger partial charge in [-0.25, -0.2) is 4.79 Å². The van der Waals surface area contributed by atoms with E-state index in [9.17, 15) is 4.79 Å². The Kier molecular flexibility index (Phi) is 8.30. The molecule has 0 fully saturated rings. The molecular formula is C12H22O2. The van der Waals surface area contributed by atoms with Crippen LogP contribution in [0.3, 0.4) is 0 Å². The summed E-state index contributed by atoms with van der Waals surface area (Å²) in [6, 6.07) is 0. The minimum absolute atomic E-state index is 0.314. The third kappa shape index (κ3) is 7.84. The first-order chi connectivity index (χ1) is 6.70. The third-order valence-electron chi connectivity index (χ3n) is 2.32. The highest BCUT2D eigenvalue weighted by Crippen LogP contribution is 2.12. The summed E-state index contributed by atoms with van der Waals surface area (Å²) in [5.41, 5.74) is 0. The highest BCUT2D eigenvalue weighted by atomic mass is 16.5. The van der Waals surface area contributed by atoms with E-state index in [1.54, 1.807) is 0 Å². The fourth-order valence-corrected chi connectivity index (χ4v) is 1.31. The Morgan fingerprint density at radius 3 is 2.71 bits per heavy atom. The van der Waals surface area contributed by atoms with Gasteiger partial charge in [-0.3, -0.25) is 0 Å². The maximum atomic E-state index is 10.7. The molecule has 14 heavy (non-hydrogen) atoms. The molecule has 0 heterocycles. The van der Waals surface area contributed by atoms with Gasteiger partial charge in [-0.05, 0) is 12.3 Å². The monoisotopic (exact) mass is 198 g/mol. The van der Waals surface area contributed by atoms with Gasteiger partial charge < -0.3 is 4.74 Å². The SMILES string of the molecule is C=CC(=O)OCCC(C)CCCCC. The summed E-state index contributed by atoms with van der Waals surface area (Å²) >= 11 is 0. The third-order valence-corrected chi connectivity index (χ3v) is 2.32. The highest BCUT2D eigenvalue weighted by molar-refractivity contribution is 5.81. The summed E-state index contributed by atoms with van der Waals surface area (Å²) < 4.78 is 4.91. The van der Waals surface area contributed by atoms with Crippen LogP contribution in [-0.2, 0) is 9.53 Å². The van der Waals surface area contributed by atoms with Crippen molar-refractivity contribution < 1.29 is 9.53 Å². The Morgan fingerprint density at radius 1 is 1.43 bits per heavy atom. The number of unbranched alkanes of at least 4 members (excludes halogenated alkanes) is 2. The molecule has 0 aromatic heterocycles. The van der Waals surface area contributed by atoms with Crippen molar-refractivity contribution in [2.45, 2.75) is 46.0 Å². The van der Waals surface area contributed by atoms with Crippen LogP contribution in [0.4, 0.5) is 0 Å². The van der Waals surface area contributed by atoms with Gasteiger partial charge in [-0.2, -0.15) is 0 Å². The Hall–Kier alpha value is -0.790. The molecule has 0 aliphatic carbocycles. The number of carbonyl (C=O) groups is 1. The molecular weight excluding hydrogens is 176 g/mol. The minimum Gasteiger partial charge on any atom is -0.463 e. The second-order valence-corrected chi connectivity index (χ2v) is 3.76. The highest BCUT2D eigenvalue weighted by Gasteiger charge is 2.03. The van der Waals surface area contributed by atoms with Gasteiger partial charge >= 0.3 is 5.97 Å². The van der Waals surface area contributed by atoms with Gasteiger partial charge in [0.25, 0.3) is 0 Å². The summed E-state index contributed by atoms with van der Waals surface area (Å²) in [6.45, 7) is 8.28. The van der Waals surface area contributed by atoms with Gasteiger partial charge in [0, 0.05) is 6.08 Å². The lowest BCUT2D eigenvalue weighted by Crippen LogP contribution is -2.06. The molecule has 0 aliphatic heterocycles. The van der Waals surface area contributed by atoms with Crippen LogP contribution in [0.1, 0.15) is 46.0 Å². The van der Waals surface area contributed by atoms with E-state index in [4.69, 9.17) is 4.74 Å². The summed E-state index contributed by atoms with van der Waals surface area (Å²) in [4.78, 5) is 10.7. The van der Waals surface area contributed by atoms with Crippen LogP contribution in [0, 0.1) is 5.92 Å². The van der Waals surface area contributed by atoms with Crippen LogP contribution in [0.15, 0.2) is 12.7 Å².